The van der Waals surface area contributed by atoms with Crippen molar-refractivity contribution in [3.05, 3.63) is 111 Å². The minimum Gasteiger partial charge on any atom is -0.336 e. The van der Waals surface area contributed by atoms with Gasteiger partial charge >= 0.3 is 0 Å². The Morgan fingerprint density at radius 3 is 2.32 bits per heavy atom. The fourth-order valence-corrected chi connectivity index (χ4v) is 5.62. The highest BCUT2D eigenvalue weighted by molar-refractivity contribution is 7.69. The van der Waals surface area contributed by atoms with E-state index in [1.165, 1.54) is 0 Å². The Balaban J connectivity index is 1.83. The molecule has 0 aliphatic rings. The Kier molecular flexibility index (Phi) is 6.19. The first kappa shape index (κ1) is 25.2. The number of aromatic nitrogens is 4. The van der Waals surface area contributed by atoms with E-state index in [1.807, 2.05) is 66.2 Å². The summed E-state index contributed by atoms with van der Waals surface area (Å²) in [5, 5.41) is 1.42. The van der Waals surface area contributed by atoms with Crippen molar-refractivity contribution < 1.29 is 4.57 Å². The molecular weight excluding hydrogens is 505 g/mol. The number of hydrogen-bond donors (Lipinski definition) is 1. The SMILES string of the molecule is Cn1cncc1C(N)(c1ccc(Cl)cc1)c1ccc2c(c1)c(-c1cccc(P(C)(C)=O)n1)cc(=O)n2C. The first-order valence-electron chi connectivity index (χ1n) is 11.7. The zero-order valence-electron chi connectivity index (χ0n) is 21.0. The molecule has 9 heteroatoms. The summed E-state index contributed by atoms with van der Waals surface area (Å²) in [4.78, 5) is 21.9. The molecule has 188 valence electrons. The van der Waals surface area contributed by atoms with Gasteiger partial charge in [0.1, 0.15) is 18.1 Å². The Labute approximate surface area is 219 Å². The van der Waals surface area contributed by atoms with Gasteiger partial charge in [-0.3, -0.25) is 4.79 Å². The van der Waals surface area contributed by atoms with E-state index in [-0.39, 0.29) is 5.56 Å². The summed E-state index contributed by atoms with van der Waals surface area (Å²) in [5.41, 5.74) is 10.9. The molecule has 3 aromatic heterocycles. The smallest absolute Gasteiger partial charge is 0.251 e. The van der Waals surface area contributed by atoms with Crippen LogP contribution in [0.4, 0.5) is 0 Å². The van der Waals surface area contributed by atoms with Gasteiger partial charge in [-0.2, -0.15) is 0 Å². The topological polar surface area (TPSA) is 95.8 Å². The molecule has 37 heavy (non-hydrogen) atoms. The van der Waals surface area contributed by atoms with Crippen molar-refractivity contribution in [3.63, 3.8) is 0 Å². The average Bonchev–Trinajstić information content (AvgIpc) is 3.31. The molecule has 0 aliphatic carbocycles. The third-order valence-corrected chi connectivity index (χ3v) is 8.39. The van der Waals surface area contributed by atoms with Gasteiger partial charge in [0.2, 0.25) is 0 Å². The Hall–Kier alpha value is -3.51. The van der Waals surface area contributed by atoms with E-state index < -0.39 is 12.7 Å². The lowest BCUT2D eigenvalue weighted by Gasteiger charge is -2.31. The molecule has 0 bridgehead atoms. The van der Waals surface area contributed by atoms with E-state index in [2.05, 4.69) is 9.97 Å². The third kappa shape index (κ3) is 4.33. The zero-order valence-corrected chi connectivity index (χ0v) is 22.7. The van der Waals surface area contributed by atoms with Crippen molar-refractivity contribution in [2.45, 2.75) is 5.54 Å². The third-order valence-electron chi connectivity index (χ3n) is 6.78. The van der Waals surface area contributed by atoms with Crippen LogP contribution in [0.15, 0.2) is 84.0 Å². The van der Waals surface area contributed by atoms with E-state index in [1.54, 1.807) is 49.6 Å². The van der Waals surface area contributed by atoms with Crippen LogP contribution >= 0.6 is 18.7 Å². The minimum absolute atomic E-state index is 0.165. The van der Waals surface area contributed by atoms with Gasteiger partial charge in [-0.05, 0) is 60.9 Å². The van der Waals surface area contributed by atoms with Gasteiger partial charge in [-0.1, -0.05) is 35.9 Å². The second-order valence-corrected chi connectivity index (χ2v) is 13.2. The molecule has 2 aromatic carbocycles. The van der Waals surface area contributed by atoms with Crippen LogP contribution in [-0.4, -0.2) is 32.4 Å². The van der Waals surface area contributed by atoms with Crippen LogP contribution < -0.4 is 16.7 Å². The molecule has 1 unspecified atom stereocenters. The van der Waals surface area contributed by atoms with Gasteiger partial charge in [0, 0.05) is 36.1 Å². The van der Waals surface area contributed by atoms with Crippen molar-refractivity contribution in [2.75, 3.05) is 13.3 Å². The molecule has 0 fully saturated rings. The summed E-state index contributed by atoms with van der Waals surface area (Å²) in [5.74, 6) is 0. The van der Waals surface area contributed by atoms with Crippen molar-refractivity contribution in [1.29, 1.82) is 0 Å². The van der Waals surface area contributed by atoms with Gasteiger partial charge in [0.05, 0.1) is 29.4 Å². The largest absolute Gasteiger partial charge is 0.336 e. The number of imidazole rings is 1. The first-order chi connectivity index (χ1) is 17.5. The summed E-state index contributed by atoms with van der Waals surface area (Å²) >= 11 is 6.19. The van der Waals surface area contributed by atoms with E-state index in [4.69, 9.17) is 17.3 Å². The van der Waals surface area contributed by atoms with E-state index in [9.17, 15) is 9.36 Å². The number of halogens is 1. The first-order valence-corrected chi connectivity index (χ1v) is 14.7. The molecule has 0 saturated carbocycles. The average molecular weight is 532 g/mol. The summed E-state index contributed by atoms with van der Waals surface area (Å²) < 4.78 is 16.2. The number of fused-ring (bicyclic) bond motifs is 1. The maximum Gasteiger partial charge on any atom is 0.251 e. The fourth-order valence-electron chi connectivity index (χ4n) is 4.70. The maximum absolute atomic E-state index is 12.9. The predicted octanol–water partition coefficient (Wildman–Crippen LogP) is 4.49. The van der Waals surface area contributed by atoms with Gasteiger partial charge in [-0.15, -0.1) is 0 Å². The van der Waals surface area contributed by atoms with E-state index in [0.29, 0.717) is 21.7 Å². The molecule has 7 nitrogen and oxygen atoms in total. The molecule has 5 rings (SSSR count). The molecule has 0 aliphatic heterocycles. The highest BCUT2D eigenvalue weighted by Crippen LogP contribution is 2.38. The minimum atomic E-state index is -2.60. The lowest BCUT2D eigenvalue weighted by molar-refractivity contribution is 0.588. The standard InChI is InChI=1S/C28H27ClN5O2P/c1-33-17-31-16-25(33)28(30,18-8-11-20(29)12-9-18)19-10-13-24-22(14-19)21(15-27(35)34(24)2)23-6-5-7-26(32-23)37(3,4)36/h5-17H,30H2,1-4H3. The number of rotatable bonds is 5. The Bertz CT molecular complexity index is 1750. The van der Waals surface area contributed by atoms with E-state index >= 15 is 0 Å². The van der Waals surface area contributed by atoms with Crippen molar-refractivity contribution >= 4 is 35.1 Å². The highest BCUT2D eigenvalue weighted by Gasteiger charge is 2.35. The van der Waals surface area contributed by atoms with Crippen LogP contribution in [0.5, 0.6) is 0 Å². The Morgan fingerprint density at radius 2 is 1.68 bits per heavy atom. The summed E-state index contributed by atoms with van der Waals surface area (Å²) in [6, 6.07) is 20.3. The molecule has 0 saturated heterocycles. The molecule has 5 aromatic rings. The summed E-state index contributed by atoms with van der Waals surface area (Å²) in [6.45, 7) is 3.37. The predicted molar refractivity (Wildman–Crippen MR) is 150 cm³/mol. The number of hydrogen-bond acceptors (Lipinski definition) is 5. The maximum atomic E-state index is 12.9. The van der Waals surface area contributed by atoms with Gasteiger partial charge in [-0.25, -0.2) is 9.97 Å². The van der Waals surface area contributed by atoms with Gasteiger partial charge < -0.3 is 19.4 Å². The zero-order chi connectivity index (χ0) is 26.5. The Morgan fingerprint density at radius 1 is 0.973 bits per heavy atom. The summed E-state index contributed by atoms with van der Waals surface area (Å²) in [7, 11) is 1.04. The van der Waals surface area contributed by atoms with Crippen LogP contribution in [0.1, 0.15) is 16.8 Å². The molecular formula is C28H27ClN5O2P. The molecule has 1 atom stereocenters. The van der Waals surface area contributed by atoms with Crippen LogP contribution in [0.25, 0.3) is 22.2 Å². The number of benzene rings is 2. The number of pyridine rings is 2. The summed E-state index contributed by atoms with van der Waals surface area (Å²) in [6.07, 6.45) is 3.47. The highest BCUT2D eigenvalue weighted by atomic mass is 35.5. The second-order valence-electron chi connectivity index (χ2n) is 9.62. The van der Waals surface area contributed by atoms with Crippen LogP contribution in [-0.2, 0) is 24.2 Å². The van der Waals surface area contributed by atoms with Crippen LogP contribution in [0, 0.1) is 0 Å². The number of nitrogens with two attached hydrogens (primary N) is 1. The quantitative estimate of drug-likeness (QED) is 0.337. The lowest BCUT2D eigenvalue weighted by atomic mass is 9.80. The second kappa shape index (κ2) is 9.10. The molecule has 3 heterocycles. The van der Waals surface area contributed by atoms with E-state index in [0.717, 1.165) is 27.7 Å². The normalized spacial score (nSPS) is 13.6. The molecule has 0 radical (unpaired) electrons. The molecule has 2 N–H and O–H groups in total. The van der Waals surface area contributed by atoms with Crippen LogP contribution in [0.2, 0.25) is 5.02 Å². The van der Waals surface area contributed by atoms with Crippen molar-refractivity contribution in [2.24, 2.45) is 19.8 Å². The van der Waals surface area contributed by atoms with Crippen molar-refractivity contribution in [3.8, 4) is 11.3 Å². The van der Waals surface area contributed by atoms with Gasteiger partial charge in [0.25, 0.3) is 5.56 Å². The lowest BCUT2D eigenvalue weighted by Crippen LogP contribution is -2.41. The van der Waals surface area contributed by atoms with Crippen molar-refractivity contribution in [1.82, 2.24) is 19.1 Å². The van der Waals surface area contributed by atoms with Gasteiger partial charge in [0.15, 0.2) is 0 Å². The fraction of sp³-hybridized carbons (Fsp3) is 0.179. The number of aryl methyl sites for hydroxylation is 2. The number of nitrogens with zero attached hydrogens (tertiary/aromatic N) is 4. The van der Waals surface area contributed by atoms with Crippen LogP contribution in [0.3, 0.4) is 0 Å². The molecule has 0 spiro atoms. The monoisotopic (exact) mass is 531 g/mol. The molecule has 0 amide bonds.